The number of aromatic amines is 1. The van der Waals surface area contributed by atoms with Gasteiger partial charge in [0.05, 0.1) is 5.69 Å². The molecule has 1 aromatic heterocycles. The fourth-order valence-corrected chi connectivity index (χ4v) is 2.58. The quantitative estimate of drug-likeness (QED) is 0.865. The predicted molar refractivity (Wildman–Crippen MR) is 75.7 cm³/mol. The van der Waals surface area contributed by atoms with E-state index in [2.05, 4.69) is 4.98 Å². The van der Waals surface area contributed by atoms with Crippen LogP contribution in [0.4, 0.5) is 5.82 Å². The highest BCUT2D eigenvalue weighted by atomic mass is 16.5. The smallest absolute Gasteiger partial charge is 0.327 e. The summed E-state index contributed by atoms with van der Waals surface area (Å²) in [5.41, 5.74) is 0.835. The number of hydroxylamine groups is 2. The molecule has 0 aromatic carbocycles. The van der Waals surface area contributed by atoms with Crippen molar-refractivity contribution in [3.05, 3.63) is 22.3 Å². The Morgan fingerprint density at radius 3 is 2.53 bits per heavy atom. The van der Waals surface area contributed by atoms with Crippen molar-refractivity contribution in [2.45, 2.75) is 25.8 Å². The predicted octanol–water partition coefficient (Wildman–Crippen LogP) is 1.30. The maximum absolute atomic E-state index is 12.2. The molecule has 0 radical (unpaired) electrons. The average Bonchev–Trinajstić information content (AvgIpc) is 2.68. The van der Waals surface area contributed by atoms with Crippen LogP contribution >= 0.6 is 0 Å². The molecular weight excluding hydrogens is 244 g/mol. The molecule has 1 saturated heterocycles. The molecule has 2 rings (SSSR count). The SMILES string of the molecule is C/C=C\c1c(N(C)C)[nH]c(=O)n1C1CCN(O)CC1. The topological polar surface area (TPSA) is 64.5 Å². The fraction of sp³-hybridized carbons (Fsp3) is 0.615. The lowest BCUT2D eigenvalue weighted by Gasteiger charge is -2.28. The second kappa shape index (κ2) is 5.63. The van der Waals surface area contributed by atoms with Gasteiger partial charge in [0.25, 0.3) is 0 Å². The van der Waals surface area contributed by atoms with Crippen molar-refractivity contribution < 1.29 is 5.21 Å². The minimum atomic E-state index is -0.0758. The highest BCUT2D eigenvalue weighted by Crippen LogP contribution is 2.26. The highest BCUT2D eigenvalue weighted by molar-refractivity contribution is 5.60. The summed E-state index contributed by atoms with van der Waals surface area (Å²) in [5.74, 6) is 0.828. The first-order chi connectivity index (χ1) is 9.04. The summed E-state index contributed by atoms with van der Waals surface area (Å²) in [7, 11) is 3.83. The molecule has 1 aliphatic rings. The van der Waals surface area contributed by atoms with Gasteiger partial charge in [0.1, 0.15) is 5.82 Å². The summed E-state index contributed by atoms with van der Waals surface area (Å²) in [6.07, 6.45) is 5.46. The summed E-state index contributed by atoms with van der Waals surface area (Å²) in [5, 5.41) is 10.7. The Bertz CT molecular complexity index is 507. The number of nitrogens with one attached hydrogen (secondary N) is 1. The zero-order chi connectivity index (χ0) is 14.0. The van der Waals surface area contributed by atoms with Crippen LogP contribution in [-0.2, 0) is 0 Å². The van der Waals surface area contributed by atoms with Crippen molar-refractivity contribution in [3.63, 3.8) is 0 Å². The van der Waals surface area contributed by atoms with Crippen molar-refractivity contribution >= 4 is 11.9 Å². The third-order valence-electron chi connectivity index (χ3n) is 3.52. The van der Waals surface area contributed by atoms with Crippen LogP contribution in [0, 0.1) is 0 Å². The molecule has 0 unspecified atom stereocenters. The van der Waals surface area contributed by atoms with Crippen molar-refractivity contribution in [1.82, 2.24) is 14.6 Å². The van der Waals surface area contributed by atoms with Gasteiger partial charge >= 0.3 is 5.69 Å². The van der Waals surface area contributed by atoms with E-state index in [-0.39, 0.29) is 11.7 Å². The van der Waals surface area contributed by atoms with E-state index in [0.29, 0.717) is 13.1 Å². The van der Waals surface area contributed by atoms with Crippen molar-refractivity contribution in [3.8, 4) is 0 Å². The number of aromatic nitrogens is 2. The van der Waals surface area contributed by atoms with Gasteiger partial charge in [-0.05, 0) is 25.8 Å². The lowest BCUT2D eigenvalue weighted by atomic mass is 10.1. The lowest BCUT2D eigenvalue weighted by Crippen LogP contribution is -2.35. The number of rotatable bonds is 3. The van der Waals surface area contributed by atoms with E-state index in [0.717, 1.165) is 24.4 Å². The molecule has 2 heterocycles. The first kappa shape index (κ1) is 13.9. The summed E-state index contributed by atoms with van der Waals surface area (Å²) in [4.78, 5) is 17.0. The van der Waals surface area contributed by atoms with Gasteiger partial charge in [-0.3, -0.25) is 9.55 Å². The molecule has 6 heteroatoms. The minimum Gasteiger partial charge on any atom is -0.362 e. The summed E-state index contributed by atoms with van der Waals surface area (Å²) in [6, 6.07) is 0.145. The molecule has 106 valence electrons. The van der Waals surface area contributed by atoms with E-state index < -0.39 is 0 Å². The maximum Gasteiger partial charge on any atom is 0.327 e. The molecule has 1 fully saturated rings. The molecular formula is C13H22N4O2. The third-order valence-corrected chi connectivity index (χ3v) is 3.52. The number of anilines is 1. The van der Waals surface area contributed by atoms with Gasteiger partial charge in [0, 0.05) is 33.2 Å². The Hall–Kier alpha value is -1.53. The van der Waals surface area contributed by atoms with Crippen LogP contribution in [0.3, 0.4) is 0 Å². The molecule has 0 bridgehead atoms. The number of hydrogen-bond donors (Lipinski definition) is 2. The van der Waals surface area contributed by atoms with Crippen molar-refractivity contribution in [2.24, 2.45) is 0 Å². The first-order valence-corrected chi connectivity index (χ1v) is 6.63. The summed E-state index contributed by atoms with van der Waals surface area (Å²) >= 11 is 0. The molecule has 2 N–H and O–H groups in total. The Balaban J connectivity index is 2.41. The maximum atomic E-state index is 12.2. The molecule has 0 saturated carbocycles. The zero-order valence-corrected chi connectivity index (χ0v) is 11.8. The lowest BCUT2D eigenvalue weighted by molar-refractivity contribution is -0.110. The zero-order valence-electron chi connectivity index (χ0n) is 11.8. The molecule has 0 spiro atoms. The minimum absolute atomic E-state index is 0.0758. The number of imidazole rings is 1. The first-order valence-electron chi connectivity index (χ1n) is 6.63. The number of allylic oxidation sites excluding steroid dienone is 1. The van der Waals surface area contributed by atoms with Crippen LogP contribution in [0.2, 0.25) is 0 Å². The molecule has 19 heavy (non-hydrogen) atoms. The molecule has 0 atom stereocenters. The van der Waals surface area contributed by atoms with E-state index in [1.807, 2.05) is 42.6 Å². The number of piperidine rings is 1. The third kappa shape index (κ3) is 2.74. The summed E-state index contributed by atoms with van der Waals surface area (Å²) < 4.78 is 1.82. The van der Waals surface area contributed by atoms with E-state index >= 15 is 0 Å². The monoisotopic (exact) mass is 266 g/mol. The second-order valence-electron chi connectivity index (χ2n) is 5.11. The van der Waals surface area contributed by atoms with Crippen LogP contribution in [0.1, 0.15) is 31.5 Å². The van der Waals surface area contributed by atoms with Gasteiger partial charge in [-0.15, -0.1) is 0 Å². The normalized spacial score (nSPS) is 18.3. The largest absolute Gasteiger partial charge is 0.362 e. The van der Waals surface area contributed by atoms with Gasteiger partial charge in [-0.1, -0.05) is 6.08 Å². The van der Waals surface area contributed by atoms with Crippen molar-refractivity contribution in [2.75, 3.05) is 32.1 Å². The fourth-order valence-electron chi connectivity index (χ4n) is 2.58. The highest BCUT2D eigenvalue weighted by Gasteiger charge is 2.24. The van der Waals surface area contributed by atoms with Gasteiger partial charge in [-0.25, -0.2) is 4.79 Å². The van der Waals surface area contributed by atoms with Crippen LogP contribution in [0.15, 0.2) is 10.9 Å². The Morgan fingerprint density at radius 1 is 1.37 bits per heavy atom. The van der Waals surface area contributed by atoms with Gasteiger partial charge in [-0.2, -0.15) is 5.06 Å². The van der Waals surface area contributed by atoms with E-state index in [9.17, 15) is 10.0 Å². The van der Waals surface area contributed by atoms with Gasteiger partial charge in [0.2, 0.25) is 0 Å². The average molecular weight is 266 g/mol. The molecule has 1 aliphatic heterocycles. The van der Waals surface area contributed by atoms with E-state index in [4.69, 9.17) is 0 Å². The number of H-pyrrole nitrogens is 1. The van der Waals surface area contributed by atoms with Crippen molar-refractivity contribution in [1.29, 1.82) is 0 Å². The standard InChI is InChI=1S/C13H22N4O2/c1-4-5-11-12(15(2)3)14-13(18)17(11)10-6-8-16(19)9-7-10/h4-5,10,19H,6-9H2,1-3H3,(H,14,18)/b5-4-. The summed E-state index contributed by atoms with van der Waals surface area (Å²) in [6.45, 7) is 3.15. The van der Waals surface area contributed by atoms with E-state index in [1.54, 1.807) is 0 Å². The Morgan fingerprint density at radius 2 is 2.00 bits per heavy atom. The van der Waals surface area contributed by atoms with Crippen LogP contribution in [-0.4, -0.2) is 47.0 Å². The van der Waals surface area contributed by atoms with Crippen LogP contribution in [0.25, 0.3) is 6.08 Å². The molecule has 6 nitrogen and oxygen atoms in total. The molecule has 0 aliphatic carbocycles. The Labute approximate surface area is 112 Å². The molecule has 1 aromatic rings. The van der Waals surface area contributed by atoms with E-state index in [1.165, 1.54) is 5.06 Å². The van der Waals surface area contributed by atoms with Gasteiger partial charge < -0.3 is 10.1 Å². The second-order valence-corrected chi connectivity index (χ2v) is 5.11. The number of hydrogen-bond acceptors (Lipinski definition) is 4. The Kier molecular flexibility index (Phi) is 4.11. The number of nitrogens with zero attached hydrogens (tertiary/aromatic N) is 3. The molecule has 0 amide bonds. The van der Waals surface area contributed by atoms with Crippen LogP contribution < -0.4 is 10.6 Å². The van der Waals surface area contributed by atoms with Crippen LogP contribution in [0.5, 0.6) is 0 Å². The van der Waals surface area contributed by atoms with Gasteiger partial charge in [0.15, 0.2) is 0 Å².